The smallest absolute Gasteiger partial charge is 0.344 e. The quantitative estimate of drug-likeness (QED) is 0.647. The molecule has 0 fully saturated rings. The van der Waals surface area contributed by atoms with Crippen molar-refractivity contribution in [3.63, 3.8) is 0 Å². The van der Waals surface area contributed by atoms with Crippen LogP contribution >= 0.6 is 11.6 Å². The van der Waals surface area contributed by atoms with Gasteiger partial charge >= 0.3 is 6.18 Å². The van der Waals surface area contributed by atoms with Crippen LogP contribution in [0.15, 0.2) is 30.5 Å². The van der Waals surface area contributed by atoms with Crippen molar-refractivity contribution < 1.29 is 17.6 Å². The average Bonchev–Trinajstić information content (AvgIpc) is 2.97. The first-order valence-electron chi connectivity index (χ1n) is 8.57. The highest BCUT2D eigenvalue weighted by Crippen LogP contribution is 2.34. The summed E-state index contributed by atoms with van der Waals surface area (Å²) in [5.74, 6) is -0.427. The van der Waals surface area contributed by atoms with Crippen LogP contribution in [0.2, 0.25) is 5.02 Å². The number of halogens is 5. The van der Waals surface area contributed by atoms with Crippen LogP contribution in [0.5, 0.6) is 0 Å². The largest absolute Gasteiger partial charge is 0.433 e. The molecule has 142 valence electrons. The van der Waals surface area contributed by atoms with Crippen molar-refractivity contribution in [1.29, 1.82) is 0 Å². The van der Waals surface area contributed by atoms with Gasteiger partial charge in [-0.3, -0.25) is 4.98 Å². The first-order valence-corrected chi connectivity index (χ1v) is 8.95. The van der Waals surface area contributed by atoms with Crippen molar-refractivity contribution in [2.75, 3.05) is 6.54 Å². The van der Waals surface area contributed by atoms with E-state index < -0.39 is 17.7 Å². The summed E-state index contributed by atoms with van der Waals surface area (Å²) in [7, 11) is 0. The SMILES string of the molecule is Fc1c(Cl)ccc2c1c1c(n2CCc2ccc(C(F)(F)F)nc2)CCNC1. The maximum Gasteiger partial charge on any atom is 0.433 e. The van der Waals surface area contributed by atoms with Gasteiger partial charge in [0.1, 0.15) is 5.69 Å². The highest BCUT2D eigenvalue weighted by molar-refractivity contribution is 6.31. The summed E-state index contributed by atoms with van der Waals surface area (Å²) < 4.78 is 54.6. The fraction of sp³-hybridized carbons (Fsp3) is 0.316. The fourth-order valence-corrected chi connectivity index (χ4v) is 3.80. The van der Waals surface area contributed by atoms with E-state index in [9.17, 15) is 17.6 Å². The number of fused-ring (bicyclic) bond motifs is 3. The Hall–Kier alpha value is -2.12. The lowest BCUT2D eigenvalue weighted by atomic mass is 10.1. The Bertz CT molecular complexity index is 993. The third-order valence-corrected chi connectivity index (χ3v) is 5.21. The minimum atomic E-state index is -4.45. The van der Waals surface area contributed by atoms with Crippen molar-refractivity contribution in [2.45, 2.75) is 32.1 Å². The van der Waals surface area contributed by atoms with Gasteiger partial charge in [0.05, 0.1) is 10.5 Å². The minimum absolute atomic E-state index is 0.0833. The molecule has 8 heteroatoms. The van der Waals surface area contributed by atoms with Crippen molar-refractivity contribution in [1.82, 2.24) is 14.9 Å². The molecule has 1 aliphatic rings. The molecule has 0 aliphatic carbocycles. The molecular weight excluding hydrogens is 382 g/mol. The molecule has 0 spiro atoms. The molecule has 2 aromatic heterocycles. The van der Waals surface area contributed by atoms with Crippen LogP contribution in [-0.2, 0) is 32.1 Å². The molecule has 3 aromatic rings. The second-order valence-corrected chi connectivity index (χ2v) is 6.97. The van der Waals surface area contributed by atoms with Crippen LogP contribution in [0.4, 0.5) is 17.6 Å². The molecule has 3 heterocycles. The summed E-state index contributed by atoms with van der Waals surface area (Å²) >= 11 is 5.96. The van der Waals surface area contributed by atoms with Gasteiger partial charge in [0.15, 0.2) is 5.82 Å². The average molecular weight is 398 g/mol. The molecule has 1 aromatic carbocycles. The Morgan fingerprint density at radius 3 is 2.70 bits per heavy atom. The number of nitrogens with zero attached hydrogens (tertiary/aromatic N) is 2. The monoisotopic (exact) mass is 397 g/mol. The predicted molar refractivity (Wildman–Crippen MR) is 95.3 cm³/mol. The van der Waals surface area contributed by atoms with E-state index in [1.807, 2.05) is 4.57 Å². The molecule has 0 saturated carbocycles. The Labute approximate surface area is 158 Å². The van der Waals surface area contributed by atoms with Gasteiger partial charge in [-0.2, -0.15) is 13.2 Å². The number of aromatic nitrogens is 2. The van der Waals surface area contributed by atoms with Gasteiger partial charge in [-0.25, -0.2) is 4.39 Å². The fourth-order valence-electron chi connectivity index (χ4n) is 3.64. The number of hydrogen-bond acceptors (Lipinski definition) is 2. The predicted octanol–water partition coefficient (Wildman–Crippen LogP) is 4.74. The molecule has 0 amide bonds. The number of rotatable bonds is 3. The third kappa shape index (κ3) is 3.30. The van der Waals surface area contributed by atoms with Gasteiger partial charge in [0.2, 0.25) is 0 Å². The zero-order valence-electron chi connectivity index (χ0n) is 14.2. The van der Waals surface area contributed by atoms with E-state index >= 15 is 0 Å². The normalized spacial score (nSPS) is 14.6. The van der Waals surface area contributed by atoms with E-state index in [1.54, 1.807) is 6.07 Å². The van der Waals surface area contributed by atoms with Gasteiger partial charge in [-0.05, 0) is 35.7 Å². The maximum atomic E-state index is 14.6. The van der Waals surface area contributed by atoms with Crippen LogP contribution in [0, 0.1) is 5.82 Å². The molecule has 0 atom stereocenters. The van der Waals surface area contributed by atoms with Crippen LogP contribution in [-0.4, -0.2) is 16.1 Å². The Kier molecular flexibility index (Phi) is 4.60. The Morgan fingerprint density at radius 1 is 1.19 bits per heavy atom. The summed E-state index contributed by atoms with van der Waals surface area (Å²) in [6, 6.07) is 5.76. The summed E-state index contributed by atoms with van der Waals surface area (Å²) in [6.45, 7) is 1.89. The highest BCUT2D eigenvalue weighted by Gasteiger charge is 2.32. The zero-order valence-corrected chi connectivity index (χ0v) is 15.0. The van der Waals surface area contributed by atoms with E-state index in [1.165, 1.54) is 18.3 Å². The van der Waals surface area contributed by atoms with Crippen LogP contribution in [0.3, 0.4) is 0 Å². The highest BCUT2D eigenvalue weighted by atomic mass is 35.5. The summed E-state index contributed by atoms with van der Waals surface area (Å²) in [6.07, 6.45) is -1.94. The van der Waals surface area contributed by atoms with E-state index in [0.717, 1.165) is 35.8 Å². The number of aryl methyl sites for hydroxylation is 2. The molecule has 3 nitrogen and oxygen atoms in total. The van der Waals surface area contributed by atoms with Crippen molar-refractivity contribution in [2.24, 2.45) is 0 Å². The third-order valence-electron chi connectivity index (χ3n) is 4.92. The molecule has 0 unspecified atom stereocenters. The Balaban J connectivity index is 1.67. The number of benzene rings is 1. The lowest BCUT2D eigenvalue weighted by Crippen LogP contribution is -2.25. The minimum Gasteiger partial charge on any atom is -0.344 e. The molecule has 0 radical (unpaired) electrons. The van der Waals surface area contributed by atoms with E-state index in [4.69, 9.17) is 11.6 Å². The van der Waals surface area contributed by atoms with Gasteiger partial charge in [0, 0.05) is 43.3 Å². The topological polar surface area (TPSA) is 29.9 Å². The van der Waals surface area contributed by atoms with Gasteiger partial charge in [-0.15, -0.1) is 0 Å². The molecule has 0 bridgehead atoms. The zero-order chi connectivity index (χ0) is 19.2. The van der Waals surface area contributed by atoms with Gasteiger partial charge < -0.3 is 9.88 Å². The number of alkyl halides is 3. The maximum absolute atomic E-state index is 14.6. The van der Waals surface area contributed by atoms with Crippen LogP contribution < -0.4 is 5.32 Å². The van der Waals surface area contributed by atoms with E-state index in [2.05, 4.69) is 10.3 Å². The molecule has 0 saturated heterocycles. The van der Waals surface area contributed by atoms with Crippen molar-refractivity contribution >= 4 is 22.5 Å². The Morgan fingerprint density at radius 2 is 2.00 bits per heavy atom. The second kappa shape index (κ2) is 6.80. The summed E-state index contributed by atoms with van der Waals surface area (Å²) in [4.78, 5) is 3.50. The van der Waals surface area contributed by atoms with Crippen molar-refractivity contribution in [3.8, 4) is 0 Å². The molecule has 27 heavy (non-hydrogen) atoms. The van der Waals surface area contributed by atoms with Crippen LogP contribution in [0.25, 0.3) is 10.9 Å². The second-order valence-electron chi connectivity index (χ2n) is 6.56. The number of hydrogen-bond donors (Lipinski definition) is 1. The summed E-state index contributed by atoms with van der Waals surface area (Å²) in [5.41, 5.74) is 2.50. The van der Waals surface area contributed by atoms with Crippen molar-refractivity contribution in [3.05, 3.63) is 63.8 Å². The lowest BCUT2D eigenvalue weighted by Gasteiger charge is -2.17. The van der Waals surface area contributed by atoms with E-state index in [-0.39, 0.29) is 5.02 Å². The first kappa shape index (κ1) is 18.3. The van der Waals surface area contributed by atoms with E-state index in [0.29, 0.717) is 30.5 Å². The number of nitrogens with one attached hydrogen (secondary N) is 1. The number of pyridine rings is 1. The molecule has 1 aliphatic heterocycles. The lowest BCUT2D eigenvalue weighted by molar-refractivity contribution is -0.141. The van der Waals surface area contributed by atoms with Gasteiger partial charge in [-0.1, -0.05) is 17.7 Å². The standard InChI is InChI=1S/C19H16ClF4N3/c20-13-2-3-15-17(18(13)21)12-10-25-7-5-14(12)27(15)8-6-11-1-4-16(26-9-11)19(22,23)24/h1-4,9,25H,5-8,10H2. The van der Waals surface area contributed by atoms with Crippen LogP contribution in [0.1, 0.15) is 22.5 Å². The molecule has 4 rings (SSSR count). The summed E-state index contributed by atoms with van der Waals surface area (Å²) in [5, 5.41) is 3.85. The molecular formula is C19H16ClF4N3. The first-order chi connectivity index (χ1) is 12.9. The van der Waals surface area contributed by atoms with Gasteiger partial charge in [0.25, 0.3) is 0 Å². The molecule has 1 N–H and O–H groups in total.